The van der Waals surface area contributed by atoms with Gasteiger partial charge in [0.25, 0.3) is 0 Å². The molecule has 1 aliphatic heterocycles. The van der Waals surface area contributed by atoms with Crippen LogP contribution in [0.15, 0.2) is 30.7 Å². The summed E-state index contributed by atoms with van der Waals surface area (Å²) in [5.41, 5.74) is 2.23. The Balaban J connectivity index is 0.000000370. The normalized spacial score (nSPS) is 17.3. The highest BCUT2D eigenvalue weighted by atomic mass is 19.4. The number of aromatic amines is 1. The summed E-state index contributed by atoms with van der Waals surface area (Å²) in [7, 11) is 0. The molecule has 1 atom stereocenters. The molecule has 0 spiro atoms. The van der Waals surface area contributed by atoms with Crippen LogP contribution in [0.3, 0.4) is 0 Å². The Morgan fingerprint density at radius 1 is 1.24 bits per heavy atom. The van der Waals surface area contributed by atoms with E-state index >= 15 is 0 Å². The lowest BCUT2D eigenvalue weighted by Gasteiger charge is -2.35. The number of piperidine rings is 1. The number of carboxylic acid groups (broad SMARTS) is 2. The van der Waals surface area contributed by atoms with Crippen LogP contribution in [-0.4, -0.2) is 61.5 Å². The zero-order valence-corrected chi connectivity index (χ0v) is 15.4. The highest BCUT2D eigenvalue weighted by Gasteiger charge is 2.38. The summed E-state index contributed by atoms with van der Waals surface area (Å²) in [5.74, 6) is -3.67. The van der Waals surface area contributed by atoms with Crippen molar-refractivity contribution in [1.82, 2.24) is 20.1 Å². The number of rotatable bonds is 5. The van der Waals surface area contributed by atoms with E-state index in [1.54, 1.807) is 6.20 Å². The Labute approximate surface area is 164 Å². The van der Waals surface area contributed by atoms with Crippen LogP contribution in [0.25, 0.3) is 0 Å². The maximum Gasteiger partial charge on any atom is 0.490 e. The molecule has 0 saturated carbocycles. The third kappa shape index (κ3) is 6.56. The van der Waals surface area contributed by atoms with Crippen molar-refractivity contribution in [3.8, 4) is 0 Å². The van der Waals surface area contributed by atoms with Crippen LogP contribution in [0, 0.1) is 0 Å². The number of nitrogens with one attached hydrogen (secondary N) is 1. The maximum atomic E-state index is 11.3. The Morgan fingerprint density at radius 2 is 1.97 bits per heavy atom. The van der Waals surface area contributed by atoms with Crippen molar-refractivity contribution in [2.24, 2.45) is 0 Å². The van der Waals surface area contributed by atoms with Crippen molar-refractivity contribution in [1.29, 1.82) is 0 Å². The summed E-state index contributed by atoms with van der Waals surface area (Å²) >= 11 is 0. The zero-order chi connectivity index (χ0) is 21.4. The summed E-state index contributed by atoms with van der Waals surface area (Å²) in [6.45, 7) is 1.89. The molecule has 0 aliphatic carbocycles. The average molecular weight is 414 g/mol. The molecule has 0 aromatic carbocycles. The number of nitrogens with zero attached hydrogens (tertiary/aromatic N) is 3. The van der Waals surface area contributed by atoms with E-state index in [2.05, 4.69) is 26.1 Å². The van der Waals surface area contributed by atoms with Gasteiger partial charge in [0, 0.05) is 18.9 Å². The molecule has 0 amide bonds. The highest BCUT2D eigenvalue weighted by molar-refractivity contribution is 5.88. The third-order valence-electron chi connectivity index (χ3n) is 4.50. The van der Waals surface area contributed by atoms with Gasteiger partial charge in [-0.1, -0.05) is 12.5 Å². The number of carbonyl (C=O) groups is 2. The maximum absolute atomic E-state index is 11.3. The number of hydrogen-bond donors (Lipinski definition) is 3. The molecule has 11 heteroatoms. The number of aromatic nitrogens is 3. The van der Waals surface area contributed by atoms with Crippen molar-refractivity contribution in [2.45, 2.75) is 37.9 Å². The van der Waals surface area contributed by atoms with Gasteiger partial charge in [-0.3, -0.25) is 15.0 Å². The largest absolute Gasteiger partial charge is 0.490 e. The van der Waals surface area contributed by atoms with Crippen molar-refractivity contribution in [3.63, 3.8) is 0 Å². The number of likely N-dealkylation sites (tertiary alicyclic amines) is 1. The fraction of sp³-hybridized carbons (Fsp3) is 0.444. The van der Waals surface area contributed by atoms with Gasteiger partial charge in [-0.25, -0.2) is 9.59 Å². The first-order chi connectivity index (χ1) is 13.7. The van der Waals surface area contributed by atoms with Gasteiger partial charge < -0.3 is 10.2 Å². The first kappa shape index (κ1) is 22.3. The van der Waals surface area contributed by atoms with E-state index in [1.807, 2.05) is 12.3 Å². The second kappa shape index (κ2) is 10.0. The standard InChI is InChI=1S/C16H20N4O2.C2HF3O2/c21-16(22)13-11-18-19-15(13)14-5-1-2-8-20(14)9-6-12-4-3-7-17-10-12;3-2(4,5)1(6)7/h3-4,7,10-11,14H,1-2,5-6,8-9H2,(H,18,19)(H,21,22);(H,6,7). The number of pyridine rings is 1. The first-order valence-corrected chi connectivity index (χ1v) is 8.89. The molecule has 3 N–H and O–H groups in total. The summed E-state index contributed by atoms with van der Waals surface area (Å²) in [5, 5.41) is 23.2. The van der Waals surface area contributed by atoms with Crippen LogP contribution in [0.2, 0.25) is 0 Å². The van der Waals surface area contributed by atoms with Gasteiger partial charge in [-0.15, -0.1) is 0 Å². The number of alkyl halides is 3. The van der Waals surface area contributed by atoms with Crippen LogP contribution in [-0.2, 0) is 11.2 Å². The lowest BCUT2D eigenvalue weighted by Crippen LogP contribution is -2.36. The van der Waals surface area contributed by atoms with Crippen LogP contribution < -0.4 is 0 Å². The van der Waals surface area contributed by atoms with Crippen LogP contribution in [0.5, 0.6) is 0 Å². The van der Waals surface area contributed by atoms with Gasteiger partial charge in [0.15, 0.2) is 0 Å². The SMILES string of the molecule is O=C(O)C(F)(F)F.O=C(O)c1cn[nH]c1C1CCCCN1CCc1cccnc1. The molecular weight excluding hydrogens is 393 g/mol. The molecule has 2 aromatic rings. The van der Waals surface area contributed by atoms with Crippen LogP contribution >= 0.6 is 0 Å². The Morgan fingerprint density at radius 3 is 2.55 bits per heavy atom. The summed E-state index contributed by atoms with van der Waals surface area (Å²) in [4.78, 5) is 26.7. The van der Waals surface area contributed by atoms with E-state index in [-0.39, 0.29) is 6.04 Å². The first-order valence-electron chi connectivity index (χ1n) is 8.89. The van der Waals surface area contributed by atoms with Gasteiger partial charge >= 0.3 is 18.1 Å². The predicted molar refractivity (Wildman–Crippen MR) is 95.3 cm³/mol. The summed E-state index contributed by atoms with van der Waals surface area (Å²) in [6.07, 6.45) is 4.14. The minimum Gasteiger partial charge on any atom is -0.478 e. The molecular formula is C18H21F3N4O4. The second-order valence-electron chi connectivity index (χ2n) is 6.46. The Hall–Kier alpha value is -2.95. The van der Waals surface area contributed by atoms with Gasteiger partial charge in [0.2, 0.25) is 0 Å². The zero-order valence-electron chi connectivity index (χ0n) is 15.4. The van der Waals surface area contributed by atoms with Crippen molar-refractivity contribution >= 4 is 11.9 Å². The highest BCUT2D eigenvalue weighted by Crippen LogP contribution is 2.31. The molecule has 0 radical (unpaired) electrons. The second-order valence-corrected chi connectivity index (χ2v) is 6.46. The molecule has 3 rings (SSSR count). The number of carboxylic acids is 2. The number of halogens is 3. The molecule has 158 valence electrons. The van der Waals surface area contributed by atoms with Crippen LogP contribution in [0.4, 0.5) is 13.2 Å². The van der Waals surface area contributed by atoms with E-state index in [9.17, 15) is 23.1 Å². The number of hydrogen-bond acceptors (Lipinski definition) is 5. The lowest BCUT2D eigenvalue weighted by molar-refractivity contribution is -0.192. The van der Waals surface area contributed by atoms with Crippen LogP contribution in [0.1, 0.15) is 46.9 Å². The monoisotopic (exact) mass is 414 g/mol. The van der Waals surface area contributed by atoms with Crippen molar-refractivity contribution in [2.75, 3.05) is 13.1 Å². The van der Waals surface area contributed by atoms with E-state index in [0.29, 0.717) is 5.56 Å². The summed E-state index contributed by atoms with van der Waals surface area (Å²) < 4.78 is 31.7. The number of aliphatic carboxylic acids is 1. The Kier molecular flexibility index (Phi) is 7.71. The lowest BCUT2D eigenvalue weighted by atomic mass is 9.96. The van der Waals surface area contributed by atoms with E-state index in [1.165, 1.54) is 11.8 Å². The Bertz CT molecular complexity index is 811. The molecule has 1 saturated heterocycles. The van der Waals surface area contributed by atoms with Gasteiger partial charge in [0.05, 0.1) is 17.9 Å². The smallest absolute Gasteiger partial charge is 0.478 e. The minimum absolute atomic E-state index is 0.110. The molecule has 1 fully saturated rings. The van der Waals surface area contributed by atoms with E-state index < -0.39 is 18.1 Å². The number of H-pyrrole nitrogens is 1. The van der Waals surface area contributed by atoms with Crippen molar-refractivity contribution < 1.29 is 33.0 Å². The minimum atomic E-state index is -5.08. The van der Waals surface area contributed by atoms with Gasteiger partial charge in [-0.05, 0) is 37.4 Å². The van der Waals surface area contributed by atoms with Crippen molar-refractivity contribution in [3.05, 3.63) is 47.5 Å². The molecule has 3 heterocycles. The summed E-state index contributed by atoms with van der Waals surface area (Å²) in [6, 6.07) is 4.13. The molecule has 0 bridgehead atoms. The fourth-order valence-corrected chi connectivity index (χ4v) is 3.12. The molecule has 29 heavy (non-hydrogen) atoms. The third-order valence-corrected chi connectivity index (χ3v) is 4.50. The van der Waals surface area contributed by atoms with E-state index in [4.69, 9.17) is 9.90 Å². The quantitative estimate of drug-likeness (QED) is 0.688. The molecule has 1 unspecified atom stereocenters. The number of aromatic carboxylic acids is 1. The topological polar surface area (TPSA) is 119 Å². The molecule has 1 aliphatic rings. The predicted octanol–water partition coefficient (Wildman–Crippen LogP) is 2.91. The molecule has 2 aromatic heterocycles. The van der Waals surface area contributed by atoms with Gasteiger partial charge in [0.1, 0.15) is 5.56 Å². The van der Waals surface area contributed by atoms with E-state index in [0.717, 1.165) is 44.5 Å². The fourth-order valence-electron chi connectivity index (χ4n) is 3.12. The molecule has 8 nitrogen and oxygen atoms in total. The average Bonchev–Trinajstić information content (AvgIpc) is 3.17. The van der Waals surface area contributed by atoms with Gasteiger partial charge in [-0.2, -0.15) is 18.3 Å².